The molecule has 0 saturated carbocycles. The number of alkyl carbamates (subject to hydrolysis) is 1. The van der Waals surface area contributed by atoms with Crippen molar-refractivity contribution in [2.45, 2.75) is 38.8 Å². The van der Waals surface area contributed by atoms with Gasteiger partial charge in [-0.25, -0.2) is 9.59 Å². The summed E-state index contributed by atoms with van der Waals surface area (Å²) in [4.78, 5) is 24.1. The van der Waals surface area contributed by atoms with Crippen molar-refractivity contribution in [2.24, 2.45) is 0 Å². The first-order valence-corrected chi connectivity index (χ1v) is 9.77. The summed E-state index contributed by atoms with van der Waals surface area (Å²) in [6, 6.07) is 16.4. The van der Waals surface area contributed by atoms with Crippen LogP contribution in [0.5, 0.6) is 0 Å². The van der Waals surface area contributed by atoms with Crippen molar-refractivity contribution in [3.05, 3.63) is 60.2 Å². The Morgan fingerprint density at radius 2 is 1.73 bits per heavy atom. The molecule has 30 heavy (non-hydrogen) atoms. The second kappa shape index (κ2) is 7.37. The van der Waals surface area contributed by atoms with Gasteiger partial charge in [-0.2, -0.15) is 0 Å². The van der Waals surface area contributed by atoms with Crippen LogP contribution in [-0.2, 0) is 16.0 Å². The van der Waals surface area contributed by atoms with Crippen LogP contribution in [0, 0.1) is 0 Å². The Kier molecular flexibility index (Phi) is 4.86. The van der Waals surface area contributed by atoms with Crippen LogP contribution in [0.1, 0.15) is 26.3 Å². The number of nitrogens with one attached hydrogen (secondary N) is 1. The summed E-state index contributed by atoms with van der Waals surface area (Å²) >= 11 is 0. The SMILES string of the molecule is CC(C)(C)OC(=O)NC(Cc1c2oc3ccccc3cc-2c2ccccc12)C(=O)O. The van der Waals surface area contributed by atoms with E-state index in [1.165, 1.54) is 0 Å². The van der Waals surface area contributed by atoms with Crippen LogP contribution in [0.2, 0.25) is 0 Å². The number of hydrogen-bond acceptors (Lipinski definition) is 4. The van der Waals surface area contributed by atoms with Crippen molar-refractivity contribution in [2.75, 3.05) is 0 Å². The maximum absolute atomic E-state index is 12.2. The maximum atomic E-state index is 12.2. The fourth-order valence-electron chi connectivity index (χ4n) is 3.66. The Labute approximate surface area is 173 Å². The molecule has 2 aromatic rings. The molecule has 1 heterocycles. The minimum absolute atomic E-state index is 0.0699. The summed E-state index contributed by atoms with van der Waals surface area (Å²) < 4.78 is 11.4. The molecule has 1 unspecified atom stereocenters. The quantitative estimate of drug-likeness (QED) is 0.486. The van der Waals surface area contributed by atoms with E-state index in [-0.39, 0.29) is 6.42 Å². The van der Waals surface area contributed by atoms with E-state index in [4.69, 9.17) is 9.15 Å². The van der Waals surface area contributed by atoms with E-state index in [1.54, 1.807) is 20.8 Å². The Hall–Kier alpha value is -3.54. The van der Waals surface area contributed by atoms with Crippen LogP contribution in [0.25, 0.3) is 33.1 Å². The van der Waals surface area contributed by atoms with Crippen LogP contribution >= 0.6 is 0 Å². The normalized spacial score (nSPS) is 12.9. The van der Waals surface area contributed by atoms with Gasteiger partial charge in [-0.15, -0.1) is 0 Å². The number of carboxylic acids is 1. The molecule has 2 aromatic carbocycles. The number of carbonyl (C=O) groups is 2. The third kappa shape index (κ3) is 3.81. The predicted molar refractivity (Wildman–Crippen MR) is 115 cm³/mol. The molecule has 1 aliphatic carbocycles. The van der Waals surface area contributed by atoms with Crippen LogP contribution in [0.3, 0.4) is 0 Å². The van der Waals surface area contributed by atoms with Crippen LogP contribution in [0.4, 0.5) is 4.79 Å². The third-order valence-electron chi connectivity index (χ3n) is 4.89. The van der Waals surface area contributed by atoms with Gasteiger partial charge in [-0.05, 0) is 43.7 Å². The van der Waals surface area contributed by atoms with Gasteiger partial charge in [0.2, 0.25) is 0 Å². The molecule has 0 saturated heterocycles. The van der Waals surface area contributed by atoms with Gasteiger partial charge >= 0.3 is 12.1 Å². The predicted octanol–water partition coefficient (Wildman–Crippen LogP) is 5.21. The lowest BCUT2D eigenvalue weighted by Gasteiger charge is -2.22. The zero-order chi connectivity index (χ0) is 21.5. The van der Waals surface area contributed by atoms with Gasteiger partial charge in [0.1, 0.15) is 23.0 Å². The van der Waals surface area contributed by atoms with Crippen molar-refractivity contribution in [1.29, 1.82) is 0 Å². The summed E-state index contributed by atoms with van der Waals surface area (Å²) in [5.41, 5.74) is 1.66. The number of carbonyl (C=O) groups excluding carboxylic acids is 1. The summed E-state index contributed by atoms with van der Waals surface area (Å²) in [6.07, 6.45) is -0.696. The topological polar surface area (TPSA) is 88.8 Å². The van der Waals surface area contributed by atoms with Crippen molar-refractivity contribution >= 4 is 33.8 Å². The minimum Gasteiger partial charge on any atom is -0.480 e. The van der Waals surface area contributed by atoms with Gasteiger partial charge in [0.15, 0.2) is 0 Å². The minimum atomic E-state index is -1.16. The van der Waals surface area contributed by atoms with Crippen molar-refractivity contribution in [3.63, 3.8) is 0 Å². The molecular formula is C24H23NO5. The number of para-hydroxylation sites is 1. The highest BCUT2D eigenvalue weighted by molar-refractivity contribution is 6.06. The Balaban J connectivity index is 1.79. The molecule has 1 aliphatic heterocycles. The monoisotopic (exact) mass is 405 g/mol. The zero-order valence-electron chi connectivity index (χ0n) is 17.1. The summed E-state index contributed by atoms with van der Waals surface area (Å²) in [5.74, 6) is -0.507. The van der Waals surface area contributed by atoms with E-state index in [1.807, 2.05) is 48.5 Å². The number of fused-ring (bicyclic) bond motifs is 4. The van der Waals surface area contributed by atoms with Crippen molar-refractivity contribution in [1.82, 2.24) is 5.32 Å². The van der Waals surface area contributed by atoms with E-state index >= 15 is 0 Å². The first-order valence-electron chi connectivity index (χ1n) is 9.77. The second-order valence-electron chi connectivity index (χ2n) is 8.29. The number of hydrogen-bond donors (Lipinski definition) is 2. The molecule has 0 bridgehead atoms. The highest BCUT2D eigenvalue weighted by atomic mass is 16.6. The van der Waals surface area contributed by atoms with Gasteiger partial charge in [-0.1, -0.05) is 42.5 Å². The first-order chi connectivity index (χ1) is 14.2. The average molecular weight is 405 g/mol. The van der Waals surface area contributed by atoms with Crippen molar-refractivity contribution in [3.8, 4) is 11.3 Å². The summed E-state index contributed by atoms with van der Waals surface area (Å²) in [5, 5.41) is 15.1. The number of rotatable bonds is 4. The average Bonchev–Trinajstić information content (AvgIpc) is 2.97. The Bertz CT molecular complexity index is 1220. The molecule has 0 spiro atoms. The molecular weight excluding hydrogens is 382 g/mol. The van der Waals surface area contributed by atoms with E-state index < -0.39 is 23.7 Å². The number of benzene rings is 2. The molecule has 6 nitrogen and oxygen atoms in total. The lowest BCUT2D eigenvalue weighted by atomic mass is 10.0. The fourth-order valence-corrected chi connectivity index (χ4v) is 3.66. The molecule has 6 heteroatoms. The number of ether oxygens (including phenoxy) is 1. The molecule has 0 aromatic heterocycles. The number of carboxylic acid groups (broad SMARTS) is 1. The standard InChI is InChI=1S/C24H23NO5/c1-24(2,3)30-23(28)25-19(22(26)27)13-18-16-10-6-5-9-15(16)17-12-14-8-4-7-11-20(14)29-21(17)18/h4-12,19H,13H2,1-3H3,(H,25,28)(H,26,27). The van der Waals surface area contributed by atoms with E-state index in [2.05, 4.69) is 11.4 Å². The van der Waals surface area contributed by atoms with Gasteiger partial charge in [0.25, 0.3) is 0 Å². The van der Waals surface area contributed by atoms with E-state index in [0.29, 0.717) is 11.3 Å². The summed E-state index contributed by atoms with van der Waals surface area (Å²) in [6.45, 7) is 5.18. The molecule has 2 N–H and O–H groups in total. The molecule has 1 atom stereocenters. The van der Waals surface area contributed by atoms with Gasteiger partial charge in [-0.3, -0.25) is 0 Å². The van der Waals surface area contributed by atoms with Crippen molar-refractivity contribution < 1.29 is 23.8 Å². The maximum Gasteiger partial charge on any atom is 0.408 e. The van der Waals surface area contributed by atoms with E-state index in [9.17, 15) is 14.7 Å². The lowest BCUT2D eigenvalue weighted by molar-refractivity contribution is -0.139. The highest BCUT2D eigenvalue weighted by Crippen LogP contribution is 2.41. The van der Waals surface area contributed by atoms with Crippen LogP contribution in [0.15, 0.2) is 59.0 Å². The third-order valence-corrected chi connectivity index (χ3v) is 4.89. The largest absolute Gasteiger partial charge is 0.480 e. The molecule has 0 radical (unpaired) electrons. The summed E-state index contributed by atoms with van der Waals surface area (Å²) in [7, 11) is 0. The number of aliphatic carboxylic acids is 1. The van der Waals surface area contributed by atoms with Gasteiger partial charge < -0.3 is 19.6 Å². The first kappa shape index (κ1) is 19.8. The molecule has 154 valence electrons. The molecule has 0 fully saturated rings. The zero-order valence-corrected chi connectivity index (χ0v) is 17.1. The van der Waals surface area contributed by atoms with Crippen LogP contribution < -0.4 is 5.32 Å². The second-order valence-corrected chi connectivity index (χ2v) is 8.29. The van der Waals surface area contributed by atoms with Crippen LogP contribution in [-0.4, -0.2) is 28.8 Å². The lowest BCUT2D eigenvalue weighted by Crippen LogP contribution is -2.44. The Morgan fingerprint density at radius 1 is 1.07 bits per heavy atom. The van der Waals surface area contributed by atoms with E-state index in [0.717, 1.165) is 27.3 Å². The highest BCUT2D eigenvalue weighted by Gasteiger charge is 2.29. The fraction of sp³-hybridized carbons (Fsp3) is 0.250. The van der Waals surface area contributed by atoms with Gasteiger partial charge in [0.05, 0.1) is 0 Å². The molecule has 1 amide bonds. The molecule has 4 rings (SSSR count). The molecule has 2 aliphatic rings. The number of amides is 1. The Morgan fingerprint density at radius 3 is 2.43 bits per heavy atom. The smallest absolute Gasteiger partial charge is 0.408 e. The van der Waals surface area contributed by atoms with Gasteiger partial charge in [0, 0.05) is 22.9 Å².